The van der Waals surface area contributed by atoms with Gasteiger partial charge in [-0.05, 0) is 31.9 Å². The molecule has 4 rings (SSSR count). The number of aliphatic hydroxyl groups is 3. The number of fused-ring (bicyclic) bond motifs is 1. The number of halogens is 3. The van der Waals surface area contributed by atoms with Crippen molar-refractivity contribution in [3.05, 3.63) is 30.0 Å². The fourth-order valence-corrected chi connectivity index (χ4v) is 5.31. The SMILES string of the molecule is CC[C@H](O)[C@H]1C[C@@H](Nc2nc(NCC(F)(F)F)nc(C)c2-c2nc3ccccc3s2)[C@H](O)[C@@H]1O. The summed E-state index contributed by atoms with van der Waals surface area (Å²) in [7, 11) is 0. The second-order valence-corrected chi connectivity index (χ2v) is 9.45. The summed E-state index contributed by atoms with van der Waals surface area (Å²) < 4.78 is 39.2. The molecule has 0 bridgehead atoms. The van der Waals surface area contributed by atoms with Crippen molar-refractivity contribution >= 4 is 33.3 Å². The van der Waals surface area contributed by atoms with Gasteiger partial charge >= 0.3 is 6.18 Å². The predicted molar refractivity (Wildman–Crippen MR) is 124 cm³/mol. The average molecular weight is 498 g/mol. The van der Waals surface area contributed by atoms with Gasteiger partial charge in [-0.1, -0.05) is 19.1 Å². The number of aliphatic hydroxyl groups excluding tert-OH is 3. The van der Waals surface area contributed by atoms with E-state index in [1.165, 1.54) is 11.3 Å². The highest BCUT2D eigenvalue weighted by atomic mass is 32.1. The largest absolute Gasteiger partial charge is 0.405 e. The van der Waals surface area contributed by atoms with Gasteiger partial charge in [0.25, 0.3) is 0 Å². The lowest BCUT2D eigenvalue weighted by atomic mass is 9.96. The maximum Gasteiger partial charge on any atom is 0.405 e. The van der Waals surface area contributed by atoms with Gasteiger partial charge in [-0.25, -0.2) is 9.97 Å². The summed E-state index contributed by atoms with van der Waals surface area (Å²) in [6.07, 6.45) is -6.93. The Morgan fingerprint density at radius 2 is 1.88 bits per heavy atom. The van der Waals surface area contributed by atoms with E-state index in [9.17, 15) is 28.5 Å². The van der Waals surface area contributed by atoms with E-state index < -0.39 is 43.0 Å². The first-order valence-electron chi connectivity index (χ1n) is 10.9. The zero-order valence-electron chi connectivity index (χ0n) is 18.5. The standard InChI is InChI=1S/C22H26F3N5O3S/c1-3-14(31)11-8-13(18(33)17(11)32)28-19-16(20-29-12-6-4-5-7-15(12)34-20)10(2)27-21(30-19)26-9-22(23,24)25/h4-7,11,13-14,17-18,31-33H,3,8-9H2,1-2H3,(H2,26,27,28,30)/t11-,13-,14+,17-,18+/m1/s1. The molecule has 34 heavy (non-hydrogen) atoms. The molecule has 1 fully saturated rings. The third-order valence-corrected chi connectivity index (χ3v) is 7.06. The number of benzene rings is 1. The molecule has 1 saturated carbocycles. The Hall–Kier alpha value is -2.54. The molecule has 1 aliphatic rings. The van der Waals surface area contributed by atoms with Crippen LogP contribution >= 0.6 is 11.3 Å². The minimum atomic E-state index is -4.45. The molecule has 0 amide bonds. The average Bonchev–Trinajstić information content (AvgIpc) is 3.33. The molecule has 1 aromatic carbocycles. The summed E-state index contributed by atoms with van der Waals surface area (Å²) in [5.74, 6) is -0.575. The van der Waals surface area contributed by atoms with Gasteiger partial charge in [0.1, 0.15) is 23.5 Å². The minimum Gasteiger partial charge on any atom is -0.393 e. The summed E-state index contributed by atoms with van der Waals surface area (Å²) in [6, 6.07) is 6.82. The first-order valence-corrected chi connectivity index (χ1v) is 11.7. The molecule has 2 heterocycles. The smallest absolute Gasteiger partial charge is 0.393 e. The van der Waals surface area contributed by atoms with Gasteiger partial charge in [-0.3, -0.25) is 0 Å². The highest BCUT2D eigenvalue weighted by molar-refractivity contribution is 7.21. The fourth-order valence-electron chi connectivity index (χ4n) is 4.24. The lowest BCUT2D eigenvalue weighted by Gasteiger charge is -2.21. The summed E-state index contributed by atoms with van der Waals surface area (Å²) in [6.45, 7) is 2.13. The Morgan fingerprint density at radius 1 is 1.15 bits per heavy atom. The van der Waals surface area contributed by atoms with Crippen LogP contribution in [0.4, 0.5) is 24.9 Å². The number of hydrogen-bond donors (Lipinski definition) is 5. The van der Waals surface area contributed by atoms with Crippen molar-refractivity contribution in [2.75, 3.05) is 17.2 Å². The van der Waals surface area contributed by atoms with Crippen LogP contribution in [0.15, 0.2) is 24.3 Å². The predicted octanol–water partition coefficient (Wildman–Crippen LogP) is 3.33. The van der Waals surface area contributed by atoms with Crippen LogP contribution in [0.5, 0.6) is 0 Å². The lowest BCUT2D eigenvalue weighted by molar-refractivity contribution is -0.115. The van der Waals surface area contributed by atoms with Crippen molar-refractivity contribution in [3.8, 4) is 10.6 Å². The van der Waals surface area contributed by atoms with E-state index in [-0.39, 0.29) is 18.2 Å². The van der Waals surface area contributed by atoms with Crippen LogP contribution < -0.4 is 10.6 Å². The van der Waals surface area contributed by atoms with Crippen LogP contribution in [0.2, 0.25) is 0 Å². The van der Waals surface area contributed by atoms with Crippen LogP contribution in [0, 0.1) is 12.8 Å². The number of nitrogens with one attached hydrogen (secondary N) is 2. The van der Waals surface area contributed by atoms with E-state index in [2.05, 4.69) is 25.6 Å². The van der Waals surface area contributed by atoms with Gasteiger partial charge < -0.3 is 26.0 Å². The Morgan fingerprint density at radius 3 is 2.56 bits per heavy atom. The highest BCUT2D eigenvalue weighted by Gasteiger charge is 2.44. The van der Waals surface area contributed by atoms with E-state index in [4.69, 9.17) is 0 Å². The van der Waals surface area contributed by atoms with Gasteiger partial charge in [0.2, 0.25) is 5.95 Å². The summed E-state index contributed by atoms with van der Waals surface area (Å²) in [5.41, 5.74) is 1.66. The lowest BCUT2D eigenvalue weighted by Crippen LogP contribution is -2.37. The topological polar surface area (TPSA) is 123 Å². The zero-order valence-corrected chi connectivity index (χ0v) is 19.4. The van der Waals surface area contributed by atoms with Crippen molar-refractivity contribution < 1.29 is 28.5 Å². The number of para-hydroxylation sites is 1. The molecular weight excluding hydrogens is 471 g/mol. The number of anilines is 2. The third-order valence-electron chi connectivity index (χ3n) is 6.01. The fraction of sp³-hybridized carbons (Fsp3) is 0.500. The van der Waals surface area contributed by atoms with E-state index in [1.54, 1.807) is 13.8 Å². The molecule has 0 saturated heterocycles. The van der Waals surface area contributed by atoms with Crippen LogP contribution in [0.1, 0.15) is 25.5 Å². The molecule has 5 atom stereocenters. The number of aromatic nitrogens is 3. The van der Waals surface area contributed by atoms with Crippen molar-refractivity contribution in [1.82, 2.24) is 15.0 Å². The summed E-state index contributed by atoms with van der Waals surface area (Å²) in [5, 5.41) is 37.1. The molecule has 184 valence electrons. The quantitative estimate of drug-likeness (QED) is 0.337. The van der Waals surface area contributed by atoms with Crippen LogP contribution in [0.25, 0.3) is 20.8 Å². The van der Waals surface area contributed by atoms with Gasteiger partial charge in [-0.15, -0.1) is 11.3 Å². The second kappa shape index (κ2) is 9.61. The molecule has 0 radical (unpaired) electrons. The van der Waals surface area contributed by atoms with Crippen molar-refractivity contribution in [2.24, 2.45) is 5.92 Å². The number of alkyl halides is 3. The Kier molecular flexibility index (Phi) is 6.94. The molecule has 3 aromatic rings. The van der Waals surface area contributed by atoms with Crippen LogP contribution in [0.3, 0.4) is 0 Å². The van der Waals surface area contributed by atoms with Gasteiger partial charge in [0.15, 0.2) is 0 Å². The molecule has 0 unspecified atom stereocenters. The maximum absolute atomic E-state index is 12.8. The van der Waals surface area contributed by atoms with Crippen molar-refractivity contribution in [2.45, 2.75) is 57.2 Å². The van der Waals surface area contributed by atoms with Crippen molar-refractivity contribution in [3.63, 3.8) is 0 Å². The molecular formula is C22H26F3N5O3S. The zero-order chi connectivity index (χ0) is 24.6. The number of thiazole rings is 1. The molecule has 0 aliphatic heterocycles. The molecule has 8 nitrogen and oxygen atoms in total. The Bertz CT molecular complexity index is 1130. The number of rotatable bonds is 7. The number of hydrogen-bond acceptors (Lipinski definition) is 9. The second-order valence-electron chi connectivity index (χ2n) is 8.42. The normalized spacial score (nSPS) is 23.9. The minimum absolute atomic E-state index is 0.194. The molecule has 0 spiro atoms. The monoisotopic (exact) mass is 497 g/mol. The summed E-state index contributed by atoms with van der Waals surface area (Å²) >= 11 is 1.39. The maximum atomic E-state index is 12.8. The van der Waals surface area contributed by atoms with E-state index >= 15 is 0 Å². The first-order chi connectivity index (χ1) is 16.1. The van der Waals surface area contributed by atoms with E-state index in [1.807, 2.05) is 24.3 Å². The summed E-state index contributed by atoms with van der Waals surface area (Å²) in [4.78, 5) is 13.1. The van der Waals surface area contributed by atoms with E-state index in [0.717, 1.165) is 10.2 Å². The highest BCUT2D eigenvalue weighted by Crippen LogP contribution is 2.38. The molecule has 1 aliphatic carbocycles. The first kappa shape index (κ1) is 24.6. The van der Waals surface area contributed by atoms with Crippen LogP contribution in [-0.4, -0.2) is 67.3 Å². The van der Waals surface area contributed by atoms with Gasteiger partial charge in [0.05, 0.1) is 39.7 Å². The molecule has 12 heteroatoms. The van der Waals surface area contributed by atoms with Gasteiger partial charge in [-0.2, -0.15) is 18.2 Å². The number of aryl methyl sites for hydroxylation is 1. The Balaban J connectivity index is 1.72. The third kappa shape index (κ3) is 5.09. The Labute approximate surface area is 197 Å². The van der Waals surface area contributed by atoms with E-state index in [0.29, 0.717) is 22.7 Å². The molecule has 2 aromatic heterocycles. The molecule has 5 N–H and O–H groups in total. The van der Waals surface area contributed by atoms with Gasteiger partial charge in [0, 0.05) is 5.92 Å². The van der Waals surface area contributed by atoms with Crippen molar-refractivity contribution in [1.29, 1.82) is 0 Å². The number of nitrogens with zero attached hydrogens (tertiary/aromatic N) is 3. The van der Waals surface area contributed by atoms with Crippen LogP contribution in [-0.2, 0) is 0 Å².